The van der Waals surface area contributed by atoms with E-state index < -0.39 is 10.0 Å². The first-order chi connectivity index (χ1) is 15.1. The van der Waals surface area contributed by atoms with Crippen molar-refractivity contribution in [3.05, 3.63) is 34.2 Å². The molecule has 0 radical (unpaired) electrons. The third kappa shape index (κ3) is 4.18. The lowest BCUT2D eigenvalue weighted by Gasteiger charge is -2.30. The first kappa shape index (κ1) is 22.5. The number of likely N-dealkylation sites (tertiary alicyclic amines) is 1. The summed E-state index contributed by atoms with van der Waals surface area (Å²) in [6.45, 7) is 8.96. The number of anilines is 1. The van der Waals surface area contributed by atoms with Crippen LogP contribution in [0.15, 0.2) is 21.6 Å². The molecule has 1 saturated heterocycles. The molecule has 0 saturated carbocycles. The molecule has 1 N–H and O–H groups in total. The predicted octanol–water partition coefficient (Wildman–Crippen LogP) is 3.73. The highest BCUT2D eigenvalue weighted by Crippen LogP contribution is 2.34. The van der Waals surface area contributed by atoms with Gasteiger partial charge in [0.2, 0.25) is 0 Å². The van der Waals surface area contributed by atoms with Gasteiger partial charge in [0.05, 0.1) is 11.4 Å². The molecule has 3 aromatic heterocycles. The van der Waals surface area contributed by atoms with Crippen LogP contribution in [-0.2, 0) is 17.1 Å². The molecule has 0 aromatic carbocycles. The van der Waals surface area contributed by atoms with Crippen LogP contribution in [0.5, 0.6) is 0 Å². The summed E-state index contributed by atoms with van der Waals surface area (Å²) < 4.78 is 35.1. The smallest absolute Gasteiger partial charge is 0.265 e. The number of amides is 1. The van der Waals surface area contributed by atoms with E-state index in [1.165, 1.54) is 17.4 Å². The number of sulfonamides is 1. The van der Waals surface area contributed by atoms with Crippen molar-refractivity contribution in [1.29, 1.82) is 0 Å². The highest BCUT2D eigenvalue weighted by atomic mass is 32.2. The van der Waals surface area contributed by atoms with E-state index in [2.05, 4.69) is 21.8 Å². The van der Waals surface area contributed by atoms with E-state index in [1.807, 2.05) is 11.8 Å². The summed E-state index contributed by atoms with van der Waals surface area (Å²) in [4.78, 5) is 20.3. The summed E-state index contributed by atoms with van der Waals surface area (Å²) in [5, 5.41) is 4.31. The molecule has 1 fully saturated rings. The molecule has 3 aromatic rings. The minimum atomic E-state index is -3.87. The molecular formula is C21H27N5O4S2. The maximum absolute atomic E-state index is 13.1. The predicted molar refractivity (Wildman–Crippen MR) is 122 cm³/mol. The highest BCUT2D eigenvalue weighted by Gasteiger charge is 2.28. The summed E-state index contributed by atoms with van der Waals surface area (Å²) >= 11 is 1.30. The van der Waals surface area contributed by atoms with Crippen LogP contribution in [0, 0.1) is 26.7 Å². The van der Waals surface area contributed by atoms with Crippen molar-refractivity contribution in [2.45, 2.75) is 45.4 Å². The fourth-order valence-corrected chi connectivity index (χ4v) is 6.18. The average molecular weight is 478 g/mol. The topological polar surface area (TPSA) is 110 Å². The Kier molecular flexibility index (Phi) is 5.89. The minimum absolute atomic E-state index is 0.00000485. The van der Waals surface area contributed by atoms with Gasteiger partial charge in [0.15, 0.2) is 5.82 Å². The van der Waals surface area contributed by atoms with Gasteiger partial charge in [0.1, 0.15) is 20.5 Å². The van der Waals surface area contributed by atoms with E-state index in [9.17, 15) is 13.2 Å². The fraction of sp³-hybridized carbons (Fsp3) is 0.476. The Morgan fingerprint density at radius 1 is 1.22 bits per heavy atom. The summed E-state index contributed by atoms with van der Waals surface area (Å²) in [5.41, 5.74) is 1.85. The van der Waals surface area contributed by atoms with Gasteiger partial charge >= 0.3 is 0 Å². The van der Waals surface area contributed by atoms with Gasteiger partial charge in [-0.2, -0.15) is 0 Å². The van der Waals surface area contributed by atoms with Crippen LogP contribution in [0.25, 0.3) is 10.7 Å². The molecule has 1 aliphatic rings. The van der Waals surface area contributed by atoms with Gasteiger partial charge in [-0.25, -0.2) is 13.4 Å². The maximum atomic E-state index is 13.1. The Labute approximate surface area is 191 Å². The first-order valence-corrected chi connectivity index (χ1v) is 12.8. The van der Waals surface area contributed by atoms with Gasteiger partial charge in [-0.05, 0) is 45.6 Å². The Hall–Kier alpha value is -2.66. The van der Waals surface area contributed by atoms with E-state index in [1.54, 1.807) is 31.5 Å². The lowest BCUT2D eigenvalue weighted by Crippen LogP contribution is -2.37. The SMILES string of the molecule is Cc1cc(NS(=O)(=O)c2cc(-c3nc(C)c(C(=O)N4CCC(C)CC4)s3)n(C)c2C)no1. The quantitative estimate of drug-likeness (QED) is 0.599. The average Bonchev–Trinajstić information content (AvgIpc) is 3.40. The number of rotatable bonds is 5. The summed E-state index contributed by atoms with van der Waals surface area (Å²) in [5.74, 6) is 1.27. The second-order valence-electron chi connectivity index (χ2n) is 8.37. The number of thiazole rings is 1. The molecule has 0 bridgehead atoms. The van der Waals surface area contributed by atoms with Crippen LogP contribution >= 0.6 is 11.3 Å². The second-order valence-corrected chi connectivity index (χ2v) is 11.0. The highest BCUT2D eigenvalue weighted by molar-refractivity contribution is 7.92. The summed E-state index contributed by atoms with van der Waals surface area (Å²) in [6, 6.07) is 3.10. The third-order valence-electron chi connectivity index (χ3n) is 5.93. The lowest BCUT2D eigenvalue weighted by molar-refractivity contribution is 0.0701. The molecule has 1 aliphatic heterocycles. The monoisotopic (exact) mass is 477 g/mol. The molecular weight excluding hydrogens is 450 g/mol. The standard InChI is InChI=1S/C21H27N5O4S2/c1-12-6-8-26(9-7-12)21(27)19-14(3)22-20(31-19)16-11-17(15(4)25(16)5)32(28,29)24-18-10-13(2)30-23-18/h10-12H,6-9H2,1-5H3,(H,23,24). The number of nitrogens with one attached hydrogen (secondary N) is 1. The number of aryl methyl sites for hydroxylation is 2. The summed E-state index contributed by atoms with van der Waals surface area (Å²) in [6.07, 6.45) is 2.01. The zero-order valence-corrected chi connectivity index (χ0v) is 20.4. The third-order valence-corrected chi connectivity index (χ3v) is 8.56. The van der Waals surface area contributed by atoms with Gasteiger partial charge in [0, 0.05) is 31.9 Å². The molecule has 9 nitrogen and oxygen atoms in total. The maximum Gasteiger partial charge on any atom is 0.265 e. The van der Waals surface area contributed by atoms with Crippen LogP contribution in [-0.4, -0.2) is 47.0 Å². The van der Waals surface area contributed by atoms with Crippen molar-refractivity contribution >= 4 is 33.1 Å². The lowest BCUT2D eigenvalue weighted by atomic mass is 9.99. The number of hydrogen-bond acceptors (Lipinski definition) is 7. The van der Waals surface area contributed by atoms with Crippen molar-refractivity contribution in [3.63, 3.8) is 0 Å². The van der Waals surface area contributed by atoms with Crippen LogP contribution in [0.1, 0.15) is 46.6 Å². The van der Waals surface area contributed by atoms with Crippen molar-refractivity contribution in [2.75, 3.05) is 17.8 Å². The first-order valence-electron chi connectivity index (χ1n) is 10.5. The molecule has 172 valence electrons. The van der Waals surface area contributed by atoms with Crippen molar-refractivity contribution in [1.82, 2.24) is 19.6 Å². The van der Waals surface area contributed by atoms with Crippen LogP contribution in [0.2, 0.25) is 0 Å². The van der Waals surface area contributed by atoms with E-state index >= 15 is 0 Å². The molecule has 0 unspecified atom stereocenters. The molecule has 4 rings (SSSR count). The van der Waals surface area contributed by atoms with Crippen LogP contribution in [0.3, 0.4) is 0 Å². The molecule has 32 heavy (non-hydrogen) atoms. The number of carbonyl (C=O) groups excluding carboxylic acids is 1. The number of carbonyl (C=O) groups is 1. The van der Waals surface area contributed by atoms with Gasteiger partial charge in [0.25, 0.3) is 15.9 Å². The minimum Gasteiger partial charge on any atom is -0.360 e. The van der Waals surface area contributed by atoms with Crippen molar-refractivity contribution < 1.29 is 17.7 Å². The van der Waals surface area contributed by atoms with Gasteiger partial charge < -0.3 is 14.0 Å². The van der Waals surface area contributed by atoms with E-state index in [0.717, 1.165) is 25.9 Å². The Morgan fingerprint density at radius 3 is 2.53 bits per heavy atom. The fourth-order valence-electron chi connectivity index (χ4n) is 3.82. The largest absolute Gasteiger partial charge is 0.360 e. The molecule has 1 amide bonds. The number of aromatic nitrogens is 3. The molecule has 4 heterocycles. The summed E-state index contributed by atoms with van der Waals surface area (Å²) in [7, 11) is -2.09. The van der Waals surface area contributed by atoms with E-state index in [-0.39, 0.29) is 16.6 Å². The molecule has 0 spiro atoms. The number of piperidine rings is 1. The Morgan fingerprint density at radius 2 is 1.91 bits per heavy atom. The molecule has 11 heteroatoms. The van der Waals surface area contributed by atoms with Crippen molar-refractivity contribution in [2.24, 2.45) is 13.0 Å². The number of hydrogen-bond donors (Lipinski definition) is 1. The van der Waals surface area contributed by atoms with Gasteiger partial charge in [-0.3, -0.25) is 9.52 Å². The zero-order chi connectivity index (χ0) is 23.2. The molecule has 0 aliphatic carbocycles. The van der Waals surface area contributed by atoms with Crippen LogP contribution in [0.4, 0.5) is 5.82 Å². The Balaban J connectivity index is 1.64. The van der Waals surface area contributed by atoms with E-state index in [0.29, 0.717) is 38.6 Å². The van der Waals surface area contributed by atoms with Crippen LogP contribution < -0.4 is 4.72 Å². The van der Waals surface area contributed by atoms with E-state index in [4.69, 9.17) is 4.52 Å². The van der Waals surface area contributed by atoms with Gasteiger partial charge in [-0.15, -0.1) is 11.3 Å². The zero-order valence-electron chi connectivity index (χ0n) is 18.8. The van der Waals surface area contributed by atoms with Crippen molar-refractivity contribution in [3.8, 4) is 10.7 Å². The normalized spacial score (nSPS) is 15.3. The Bertz CT molecular complexity index is 1260. The number of nitrogens with zero attached hydrogens (tertiary/aromatic N) is 4. The molecule has 0 atom stereocenters. The van der Waals surface area contributed by atoms with Gasteiger partial charge in [-0.1, -0.05) is 12.1 Å². The second kappa shape index (κ2) is 8.36.